The second-order valence-electron chi connectivity index (χ2n) is 17.7. The molecule has 0 saturated carbocycles. The number of anilines is 3. The first-order valence-corrected chi connectivity index (χ1v) is 23.3. The van der Waals surface area contributed by atoms with Gasteiger partial charge in [0.15, 0.2) is 0 Å². The van der Waals surface area contributed by atoms with Crippen molar-refractivity contribution in [2.45, 2.75) is 26.2 Å². The maximum absolute atomic E-state index is 10.7. The normalized spacial score (nSPS) is 13.2. The van der Waals surface area contributed by atoms with E-state index in [2.05, 4.69) is 0 Å². The van der Waals surface area contributed by atoms with Crippen molar-refractivity contribution >= 4 is 83.6 Å². The van der Waals surface area contributed by atoms with E-state index in [4.69, 9.17) is 24.6 Å². The van der Waals surface area contributed by atoms with E-state index < -0.39 is 17.5 Å². The second kappa shape index (κ2) is 17.9. The molecule has 11 aromatic rings. The second-order valence-corrected chi connectivity index (χ2v) is 18.5. The summed E-state index contributed by atoms with van der Waals surface area (Å²) in [5.41, 5.74) is 5.72. The van der Waals surface area contributed by atoms with Gasteiger partial charge in [-0.3, -0.25) is 0 Å². The van der Waals surface area contributed by atoms with E-state index in [1.54, 1.807) is 11.0 Å². The zero-order valence-corrected chi connectivity index (χ0v) is 39.1. The molecule has 10 aromatic carbocycles. The van der Waals surface area contributed by atoms with Crippen molar-refractivity contribution in [3.8, 4) is 39.1 Å². The molecule has 0 atom stereocenters. The zero-order chi connectivity index (χ0) is 53.3. The van der Waals surface area contributed by atoms with Gasteiger partial charge in [0.2, 0.25) is 0 Å². The summed E-state index contributed by atoms with van der Waals surface area (Å²) in [7, 11) is 0. The highest BCUT2D eigenvalue weighted by Crippen LogP contribution is 2.49. The summed E-state index contributed by atoms with van der Waals surface area (Å²) < 4.78 is 79.9. The third-order valence-electron chi connectivity index (χ3n) is 12.4. The average molecular weight is 924 g/mol. The van der Waals surface area contributed by atoms with Gasteiger partial charge in [0.1, 0.15) is 0 Å². The highest BCUT2D eigenvalue weighted by Gasteiger charge is 2.26. The quantitative estimate of drug-likeness (QED) is 0.155. The minimum Gasteiger partial charge on any atom is -0.309 e. The van der Waals surface area contributed by atoms with Gasteiger partial charge in [-0.25, -0.2) is 0 Å². The molecular weight excluding hydrogens is 868 g/mol. The minimum absolute atomic E-state index is 0.0507. The third-order valence-corrected chi connectivity index (χ3v) is 12.9. The molecule has 0 fully saturated rings. The van der Waals surface area contributed by atoms with E-state index in [-0.39, 0.29) is 68.9 Å². The number of nitrogens with zero attached hydrogens (tertiary/aromatic N) is 2. The lowest BCUT2D eigenvalue weighted by Crippen LogP contribution is -2.17. The van der Waals surface area contributed by atoms with E-state index in [0.717, 1.165) is 43.8 Å². The maximum Gasteiger partial charge on any atom is 0.0648 e. The Morgan fingerprint density at radius 3 is 1.59 bits per heavy atom. The minimum atomic E-state index is -0.921. The first-order valence-electron chi connectivity index (χ1n) is 26.5. The molecule has 1 heterocycles. The standard InChI is InChI=1S/C64H48Cl2N2/c1-64(2,3)46-39-49(67(48-28-17-27-47(65)41-48)62-51(43-21-7-4-8-22-43)33-18-34-52(62)44-23-9-5-10-24-44)42-50(40-46)68-60-38-20-37-59(66)61(60)57-32-16-15-30-55(57)54-29-13-14-31-56(54)58-36-19-35-53(63(58)68)45-25-11-6-12-26-45/h4-42H,1-3H3/i17D,20D,27D,28D,37D,38D,39D,40D. The Morgan fingerprint density at radius 2 is 0.971 bits per heavy atom. The summed E-state index contributed by atoms with van der Waals surface area (Å²) in [6.07, 6.45) is 0. The van der Waals surface area contributed by atoms with Gasteiger partial charge in [0.05, 0.1) is 32.7 Å². The van der Waals surface area contributed by atoms with E-state index in [1.165, 1.54) is 6.07 Å². The Balaban J connectivity index is 1.47. The summed E-state index contributed by atoms with van der Waals surface area (Å²) in [4.78, 5) is 1.78. The molecule has 2 nitrogen and oxygen atoms in total. The average Bonchev–Trinajstić information content (AvgIpc) is 3.48. The molecular formula is C64H48Cl2N2. The summed E-state index contributed by atoms with van der Waals surface area (Å²) >= 11 is 14.5. The molecule has 1 aromatic heterocycles. The maximum atomic E-state index is 10.7. The van der Waals surface area contributed by atoms with E-state index in [9.17, 15) is 9.60 Å². The molecule has 0 aliphatic carbocycles. The SMILES string of the molecule is [2H]c1c(Cl)cc(N(c2cc(-n3c4c(-c5ccccc5)cccc4c4ccccc4c4ccccc4c4c(Cl)c([2H])c([2H])c([2H])c43)c([2H])c(C(C)(C)C)c2[2H])c2c(-c3ccccc3)cccc2-c2ccccc2)c([2H])c1[2H]. The molecule has 0 spiro atoms. The van der Waals surface area contributed by atoms with Crippen molar-refractivity contribution in [1.82, 2.24) is 4.57 Å². The number of halogens is 2. The fourth-order valence-electron chi connectivity index (χ4n) is 9.31. The highest BCUT2D eigenvalue weighted by atomic mass is 35.5. The van der Waals surface area contributed by atoms with Crippen LogP contribution in [0.3, 0.4) is 0 Å². The molecule has 0 unspecified atom stereocenters. The van der Waals surface area contributed by atoms with Crippen LogP contribution in [0.1, 0.15) is 37.3 Å². The summed E-state index contributed by atoms with van der Waals surface area (Å²) in [5.74, 6) is 0. The van der Waals surface area contributed by atoms with Crippen LogP contribution < -0.4 is 4.90 Å². The topological polar surface area (TPSA) is 8.17 Å². The Hall–Kier alpha value is -7.62. The lowest BCUT2D eigenvalue weighted by atomic mass is 9.86. The van der Waals surface area contributed by atoms with E-state index >= 15 is 0 Å². The molecule has 0 N–H and O–H groups in total. The van der Waals surface area contributed by atoms with Gasteiger partial charge in [0, 0.05) is 49.5 Å². The molecule has 0 saturated heterocycles. The number of benzene rings is 10. The van der Waals surface area contributed by atoms with Crippen LogP contribution in [0.15, 0.2) is 236 Å². The van der Waals surface area contributed by atoms with Crippen LogP contribution in [0.25, 0.3) is 82.4 Å². The lowest BCUT2D eigenvalue weighted by molar-refractivity contribution is 0.590. The van der Waals surface area contributed by atoms with Crippen LogP contribution in [0.2, 0.25) is 10.0 Å². The molecule has 68 heavy (non-hydrogen) atoms. The Morgan fingerprint density at radius 1 is 0.471 bits per heavy atom. The number of para-hydroxylation sites is 2. The molecule has 328 valence electrons. The van der Waals surface area contributed by atoms with E-state index in [1.807, 2.05) is 201 Å². The van der Waals surface area contributed by atoms with Crippen LogP contribution in [-0.2, 0) is 5.41 Å². The molecule has 11 rings (SSSR count). The van der Waals surface area contributed by atoms with Crippen molar-refractivity contribution in [2.75, 3.05) is 4.90 Å². The number of hydrogen-bond donors (Lipinski definition) is 0. The first-order chi connectivity index (χ1) is 36.6. The number of fused-ring (bicyclic) bond motifs is 7. The molecule has 0 bridgehead atoms. The number of rotatable bonds is 7. The van der Waals surface area contributed by atoms with Gasteiger partial charge in [-0.05, 0) is 97.6 Å². The number of hydrogen-bond acceptors (Lipinski definition) is 1. The largest absolute Gasteiger partial charge is 0.309 e. The Kier molecular flexibility index (Phi) is 9.11. The third kappa shape index (κ3) is 7.86. The zero-order valence-electron chi connectivity index (χ0n) is 45.5. The molecule has 0 aliphatic rings. The van der Waals surface area contributed by atoms with Crippen molar-refractivity contribution in [3.63, 3.8) is 0 Å². The van der Waals surface area contributed by atoms with Crippen LogP contribution in [0.4, 0.5) is 17.1 Å². The van der Waals surface area contributed by atoms with Crippen LogP contribution >= 0.6 is 23.2 Å². The summed E-state index contributed by atoms with van der Waals surface area (Å²) in [6, 6.07) is 58.1. The van der Waals surface area contributed by atoms with Gasteiger partial charge in [-0.2, -0.15) is 0 Å². The fraction of sp³-hybridized carbons (Fsp3) is 0.0625. The van der Waals surface area contributed by atoms with Crippen molar-refractivity contribution < 1.29 is 11.0 Å². The van der Waals surface area contributed by atoms with E-state index in [0.29, 0.717) is 38.7 Å². The van der Waals surface area contributed by atoms with Gasteiger partial charge < -0.3 is 9.47 Å². The monoisotopic (exact) mass is 922 g/mol. The summed E-state index contributed by atoms with van der Waals surface area (Å²) in [5, 5.41) is 3.98. The van der Waals surface area contributed by atoms with Gasteiger partial charge in [-0.15, -0.1) is 0 Å². The van der Waals surface area contributed by atoms with Crippen LogP contribution in [0.5, 0.6) is 0 Å². The van der Waals surface area contributed by atoms with Gasteiger partial charge in [0.25, 0.3) is 0 Å². The smallest absolute Gasteiger partial charge is 0.0648 e. The predicted molar refractivity (Wildman–Crippen MR) is 293 cm³/mol. The lowest BCUT2D eigenvalue weighted by Gasteiger charge is -2.32. The van der Waals surface area contributed by atoms with Gasteiger partial charge in [-0.1, -0.05) is 232 Å². The Bertz CT molecular complexity index is 4160. The van der Waals surface area contributed by atoms with Crippen molar-refractivity contribution in [3.05, 3.63) is 252 Å². The van der Waals surface area contributed by atoms with Crippen molar-refractivity contribution in [2.24, 2.45) is 0 Å². The predicted octanol–water partition coefficient (Wildman–Crippen LogP) is 19.3. The molecule has 0 aliphatic heterocycles. The van der Waals surface area contributed by atoms with Gasteiger partial charge >= 0.3 is 0 Å². The highest BCUT2D eigenvalue weighted by molar-refractivity contribution is 6.38. The Labute approximate surface area is 419 Å². The molecule has 4 heteroatoms. The summed E-state index contributed by atoms with van der Waals surface area (Å²) in [6.45, 7) is 5.82. The number of aromatic nitrogens is 1. The first kappa shape index (κ1) is 34.7. The molecule has 0 radical (unpaired) electrons. The van der Waals surface area contributed by atoms with Crippen LogP contribution in [0, 0.1) is 0 Å². The van der Waals surface area contributed by atoms with Crippen LogP contribution in [-0.4, -0.2) is 4.57 Å². The molecule has 0 amide bonds. The van der Waals surface area contributed by atoms with Crippen molar-refractivity contribution in [1.29, 1.82) is 0 Å². The fourth-order valence-corrected chi connectivity index (χ4v) is 9.70.